The summed E-state index contributed by atoms with van der Waals surface area (Å²) in [5.74, 6) is -0.514. The van der Waals surface area contributed by atoms with Crippen LogP contribution in [0.2, 0.25) is 0 Å². The van der Waals surface area contributed by atoms with Gasteiger partial charge in [0, 0.05) is 54.6 Å². The topological polar surface area (TPSA) is 65.5 Å². The van der Waals surface area contributed by atoms with Crippen LogP contribution in [0.25, 0.3) is 10.6 Å². The van der Waals surface area contributed by atoms with Gasteiger partial charge in [-0.15, -0.1) is 11.3 Å². The molecule has 3 aromatic rings. The van der Waals surface area contributed by atoms with Gasteiger partial charge < -0.3 is 15.1 Å². The maximum absolute atomic E-state index is 13.1. The number of urea groups is 1. The zero-order valence-corrected chi connectivity index (χ0v) is 17.1. The van der Waals surface area contributed by atoms with Gasteiger partial charge in [-0.2, -0.15) is 0 Å². The summed E-state index contributed by atoms with van der Waals surface area (Å²) in [4.78, 5) is 33.0. The number of rotatable bonds is 3. The minimum atomic E-state index is -0.370. The van der Waals surface area contributed by atoms with Crippen LogP contribution >= 0.6 is 11.3 Å². The van der Waals surface area contributed by atoms with Gasteiger partial charge in [0.15, 0.2) is 0 Å². The second-order valence-corrected chi connectivity index (χ2v) is 7.88. The Bertz CT molecular complexity index is 1010. The Morgan fingerprint density at radius 2 is 1.63 bits per heavy atom. The van der Waals surface area contributed by atoms with E-state index in [-0.39, 0.29) is 17.8 Å². The lowest BCUT2D eigenvalue weighted by Crippen LogP contribution is -2.39. The average Bonchev–Trinajstić information content (AvgIpc) is 3.18. The lowest BCUT2D eigenvalue weighted by Gasteiger charge is -2.22. The molecule has 1 aromatic heterocycles. The number of nitrogens with zero attached hydrogens (tertiary/aromatic N) is 3. The number of nitrogens with one attached hydrogen (secondary N) is 1. The molecule has 0 atom stereocenters. The van der Waals surface area contributed by atoms with Crippen molar-refractivity contribution in [2.45, 2.75) is 6.42 Å². The van der Waals surface area contributed by atoms with E-state index in [4.69, 9.17) is 0 Å². The van der Waals surface area contributed by atoms with Crippen LogP contribution < -0.4 is 5.32 Å². The lowest BCUT2D eigenvalue weighted by atomic mass is 10.2. The van der Waals surface area contributed by atoms with Gasteiger partial charge in [0.25, 0.3) is 5.91 Å². The molecular weight excluding hydrogens is 403 g/mol. The Hall–Kier alpha value is -3.26. The molecule has 154 valence electrons. The van der Waals surface area contributed by atoms with E-state index in [0.29, 0.717) is 43.9 Å². The van der Waals surface area contributed by atoms with E-state index in [1.54, 1.807) is 27.3 Å². The maximum atomic E-state index is 13.1. The molecule has 0 aliphatic carbocycles. The second kappa shape index (κ2) is 9.04. The molecule has 1 N–H and O–H groups in total. The van der Waals surface area contributed by atoms with E-state index in [1.165, 1.54) is 24.3 Å². The summed E-state index contributed by atoms with van der Waals surface area (Å²) >= 11 is 1.56. The first kappa shape index (κ1) is 20.0. The number of amides is 3. The predicted octanol–water partition coefficient (Wildman–Crippen LogP) is 4.33. The molecule has 8 heteroatoms. The van der Waals surface area contributed by atoms with Gasteiger partial charge in [0.2, 0.25) is 0 Å². The molecule has 1 saturated heterocycles. The fourth-order valence-electron chi connectivity index (χ4n) is 3.36. The predicted molar refractivity (Wildman–Crippen MR) is 115 cm³/mol. The van der Waals surface area contributed by atoms with Crippen LogP contribution in [0.15, 0.2) is 60.1 Å². The van der Waals surface area contributed by atoms with Crippen LogP contribution in [0.1, 0.15) is 16.8 Å². The summed E-state index contributed by atoms with van der Waals surface area (Å²) in [6.45, 7) is 2.00. The van der Waals surface area contributed by atoms with Crippen LogP contribution in [-0.4, -0.2) is 52.9 Å². The normalized spacial score (nSPS) is 14.3. The highest BCUT2D eigenvalue weighted by Crippen LogP contribution is 2.23. The van der Waals surface area contributed by atoms with Gasteiger partial charge >= 0.3 is 6.03 Å². The Labute approximate surface area is 178 Å². The molecule has 6 nitrogen and oxygen atoms in total. The van der Waals surface area contributed by atoms with E-state index in [9.17, 15) is 14.0 Å². The van der Waals surface area contributed by atoms with Crippen molar-refractivity contribution >= 4 is 29.0 Å². The van der Waals surface area contributed by atoms with Crippen LogP contribution in [0.5, 0.6) is 0 Å². The highest BCUT2D eigenvalue weighted by Gasteiger charge is 2.23. The van der Waals surface area contributed by atoms with Gasteiger partial charge in [-0.05, 0) is 55.0 Å². The summed E-state index contributed by atoms with van der Waals surface area (Å²) in [6, 6.07) is 12.9. The molecule has 1 aliphatic heterocycles. The molecule has 0 radical (unpaired) electrons. The number of hydrogen-bond acceptors (Lipinski definition) is 4. The summed E-state index contributed by atoms with van der Waals surface area (Å²) in [5.41, 5.74) is 2.17. The summed E-state index contributed by atoms with van der Waals surface area (Å²) in [6.07, 6.45) is 2.45. The van der Waals surface area contributed by atoms with Crippen molar-refractivity contribution in [1.29, 1.82) is 0 Å². The van der Waals surface area contributed by atoms with Crippen LogP contribution in [0, 0.1) is 5.82 Å². The Morgan fingerprint density at radius 1 is 0.933 bits per heavy atom. The summed E-state index contributed by atoms with van der Waals surface area (Å²) in [5, 5.41) is 5.78. The first-order chi connectivity index (χ1) is 14.6. The Balaban J connectivity index is 1.34. The zero-order chi connectivity index (χ0) is 20.9. The molecule has 2 aromatic carbocycles. The van der Waals surface area contributed by atoms with Gasteiger partial charge in [0.1, 0.15) is 10.8 Å². The van der Waals surface area contributed by atoms with Gasteiger partial charge in [0.05, 0.1) is 0 Å². The van der Waals surface area contributed by atoms with Crippen LogP contribution in [0.4, 0.5) is 14.9 Å². The number of benzene rings is 2. The highest BCUT2D eigenvalue weighted by molar-refractivity contribution is 7.13. The Morgan fingerprint density at radius 3 is 2.33 bits per heavy atom. The molecule has 2 heterocycles. The number of thiazole rings is 1. The summed E-state index contributed by atoms with van der Waals surface area (Å²) in [7, 11) is 0. The SMILES string of the molecule is O=C(Nc1ccc(-c2nccs2)cc1)N1CCCN(C(=O)c2ccc(F)cc2)CC1. The van der Waals surface area contributed by atoms with Crippen molar-refractivity contribution in [1.82, 2.24) is 14.8 Å². The van der Waals surface area contributed by atoms with E-state index in [1.807, 2.05) is 29.6 Å². The minimum Gasteiger partial charge on any atom is -0.337 e. The highest BCUT2D eigenvalue weighted by atomic mass is 32.1. The van der Waals surface area contributed by atoms with Gasteiger partial charge in [-0.3, -0.25) is 4.79 Å². The third-order valence-corrected chi connectivity index (χ3v) is 5.80. The molecule has 0 spiro atoms. The zero-order valence-electron chi connectivity index (χ0n) is 16.3. The second-order valence-electron chi connectivity index (χ2n) is 6.98. The Kier molecular flexibility index (Phi) is 6.04. The van der Waals surface area contributed by atoms with Crippen LogP contribution in [0.3, 0.4) is 0 Å². The third kappa shape index (κ3) is 4.65. The molecular formula is C22H21FN4O2S. The number of carbonyl (C=O) groups excluding carboxylic acids is 2. The van der Waals surface area contributed by atoms with Crippen molar-refractivity contribution in [2.24, 2.45) is 0 Å². The quantitative estimate of drug-likeness (QED) is 0.681. The molecule has 30 heavy (non-hydrogen) atoms. The van der Waals surface area contributed by atoms with Crippen molar-refractivity contribution in [2.75, 3.05) is 31.5 Å². The number of aromatic nitrogens is 1. The van der Waals surface area contributed by atoms with E-state index < -0.39 is 0 Å². The van der Waals surface area contributed by atoms with E-state index in [0.717, 1.165) is 10.6 Å². The first-order valence-electron chi connectivity index (χ1n) is 9.71. The third-order valence-electron chi connectivity index (χ3n) is 4.98. The molecule has 0 bridgehead atoms. The number of halogens is 1. The number of hydrogen-bond donors (Lipinski definition) is 1. The number of anilines is 1. The smallest absolute Gasteiger partial charge is 0.321 e. The number of carbonyl (C=O) groups is 2. The van der Waals surface area contributed by atoms with E-state index in [2.05, 4.69) is 10.3 Å². The van der Waals surface area contributed by atoms with Crippen molar-refractivity contribution in [3.05, 3.63) is 71.5 Å². The molecule has 0 unspecified atom stereocenters. The minimum absolute atomic E-state index is 0.143. The largest absolute Gasteiger partial charge is 0.337 e. The lowest BCUT2D eigenvalue weighted by molar-refractivity contribution is 0.0762. The fraction of sp³-hybridized carbons (Fsp3) is 0.227. The molecule has 3 amide bonds. The van der Waals surface area contributed by atoms with Gasteiger partial charge in [-0.1, -0.05) is 0 Å². The summed E-state index contributed by atoms with van der Waals surface area (Å²) < 4.78 is 13.1. The molecule has 1 aliphatic rings. The van der Waals surface area contributed by atoms with Crippen LogP contribution in [-0.2, 0) is 0 Å². The maximum Gasteiger partial charge on any atom is 0.321 e. The standard InChI is InChI=1S/C22H21FN4O2S/c23-18-6-2-17(3-7-18)21(28)26-11-1-12-27(14-13-26)22(29)25-19-8-4-16(5-9-19)20-24-10-15-30-20/h2-10,15H,1,11-14H2,(H,25,29). The fourth-order valence-corrected chi connectivity index (χ4v) is 4.01. The first-order valence-corrected chi connectivity index (χ1v) is 10.6. The molecule has 0 saturated carbocycles. The molecule has 1 fully saturated rings. The van der Waals surface area contributed by atoms with E-state index >= 15 is 0 Å². The van der Waals surface area contributed by atoms with Crippen molar-refractivity contribution < 1.29 is 14.0 Å². The molecule has 4 rings (SSSR count). The van der Waals surface area contributed by atoms with Crippen molar-refractivity contribution in [3.63, 3.8) is 0 Å². The van der Waals surface area contributed by atoms with Gasteiger partial charge in [-0.25, -0.2) is 14.2 Å². The van der Waals surface area contributed by atoms with Crippen molar-refractivity contribution in [3.8, 4) is 10.6 Å². The average molecular weight is 425 g/mol. The monoisotopic (exact) mass is 424 g/mol.